The van der Waals surface area contributed by atoms with Crippen molar-refractivity contribution in [2.75, 3.05) is 13.2 Å². The lowest BCUT2D eigenvalue weighted by Crippen LogP contribution is -2.25. The SMILES string of the molecule is Fc1ccc(Br)c([C@H](OC[C@H]2CO2)C(F)(F)F)c1. The van der Waals surface area contributed by atoms with Gasteiger partial charge in [0.2, 0.25) is 0 Å². The summed E-state index contributed by atoms with van der Waals surface area (Å²) in [5, 5.41) is 0. The topological polar surface area (TPSA) is 21.8 Å². The van der Waals surface area contributed by atoms with E-state index in [-0.39, 0.29) is 22.7 Å². The van der Waals surface area contributed by atoms with E-state index in [0.717, 1.165) is 12.1 Å². The zero-order valence-electron chi connectivity index (χ0n) is 9.01. The zero-order valence-corrected chi connectivity index (χ0v) is 10.6. The highest BCUT2D eigenvalue weighted by molar-refractivity contribution is 9.10. The Morgan fingerprint density at radius 3 is 2.67 bits per heavy atom. The number of ether oxygens (including phenoxy) is 2. The van der Waals surface area contributed by atoms with Crippen molar-refractivity contribution in [3.8, 4) is 0 Å². The standard InChI is InChI=1S/C11H9BrF4O2/c12-9-2-1-6(13)3-8(9)10(11(14,15)16)18-5-7-4-17-7/h1-3,7,10H,4-5H2/t7-,10+/m1/s1. The molecule has 0 aliphatic carbocycles. The maximum absolute atomic E-state index is 13.0. The number of epoxide rings is 1. The van der Waals surface area contributed by atoms with Crippen molar-refractivity contribution in [2.24, 2.45) is 0 Å². The van der Waals surface area contributed by atoms with E-state index in [0.29, 0.717) is 6.61 Å². The smallest absolute Gasteiger partial charge is 0.371 e. The van der Waals surface area contributed by atoms with Crippen LogP contribution < -0.4 is 0 Å². The second-order valence-electron chi connectivity index (χ2n) is 3.88. The first-order valence-electron chi connectivity index (χ1n) is 5.13. The molecule has 0 N–H and O–H groups in total. The molecule has 100 valence electrons. The Hall–Kier alpha value is -0.660. The molecule has 0 bridgehead atoms. The van der Waals surface area contributed by atoms with Crippen LogP contribution in [0.3, 0.4) is 0 Å². The van der Waals surface area contributed by atoms with Crippen LogP contribution in [0.25, 0.3) is 0 Å². The molecule has 2 rings (SSSR count). The minimum atomic E-state index is -4.61. The highest BCUT2D eigenvalue weighted by Gasteiger charge is 2.44. The maximum Gasteiger partial charge on any atom is 0.418 e. The summed E-state index contributed by atoms with van der Waals surface area (Å²) < 4.78 is 61.4. The van der Waals surface area contributed by atoms with Crippen molar-refractivity contribution >= 4 is 15.9 Å². The van der Waals surface area contributed by atoms with Crippen LogP contribution in [0.15, 0.2) is 22.7 Å². The average molecular weight is 329 g/mol. The van der Waals surface area contributed by atoms with Gasteiger partial charge in [-0.15, -0.1) is 0 Å². The molecule has 1 heterocycles. The molecule has 1 aliphatic rings. The van der Waals surface area contributed by atoms with Crippen LogP contribution in [-0.2, 0) is 9.47 Å². The van der Waals surface area contributed by atoms with E-state index in [4.69, 9.17) is 9.47 Å². The van der Waals surface area contributed by atoms with Crippen LogP contribution in [0.1, 0.15) is 11.7 Å². The van der Waals surface area contributed by atoms with Crippen molar-refractivity contribution in [1.82, 2.24) is 0 Å². The van der Waals surface area contributed by atoms with Crippen LogP contribution in [0.4, 0.5) is 17.6 Å². The summed E-state index contributed by atoms with van der Waals surface area (Å²) in [7, 11) is 0. The molecule has 7 heteroatoms. The van der Waals surface area contributed by atoms with Crippen molar-refractivity contribution in [3.63, 3.8) is 0 Å². The fraction of sp³-hybridized carbons (Fsp3) is 0.455. The van der Waals surface area contributed by atoms with Gasteiger partial charge in [-0.3, -0.25) is 0 Å². The van der Waals surface area contributed by atoms with Crippen LogP contribution >= 0.6 is 15.9 Å². The third kappa shape index (κ3) is 3.43. The fourth-order valence-electron chi connectivity index (χ4n) is 1.44. The van der Waals surface area contributed by atoms with E-state index < -0.39 is 18.1 Å². The van der Waals surface area contributed by atoms with E-state index in [2.05, 4.69) is 15.9 Å². The van der Waals surface area contributed by atoms with Gasteiger partial charge < -0.3 is 9.47 Å². The highest BCUT2D eigenvalue weighted by Crippen LogP contribution is 2.39. The molecule has 2 nitrogen and oxygen atoms in total. The molecule has 2 atom stereocenters. The summed E-state index contributed by atoms with van der Waals surface area (Å²) in [5.41, 5.74) is -0.275. The van der Waals surface area contributed by atoms with Crippen molar-refractivity contribution in [3.05, 3.63) is 34.1 Å². The molecular formula is C11H9BrF4O2. The maximum atomic E-state index is 13.0. The van der Waals surface area contributed by atoms with Gasteiger partial charge in [0.05, 0.1) is 13.2 Å². The quantitative estimate of drug-likeness (QED) is 0.622. The Morgan fingerprint density at radius 1 is 1.44 bits per heavy atom. The first-order chi connectivity index (χ1) is 8.38. The van der Waals surface area contributed by atoms with Crippen LogP contribution in [0, 0.1) is 5.82 Å². The summed E-state index contributed by atoms with van der Waals surface area (Å²) in [5.74, 6) is -0.742. The van der Waals surface area contributed by atoms with Crippen molar-refractivity contribution in [2.45, 2.75) is 18.4 Å². The summed E-state index contributed by atoms with van der Waals surface area (Å²) in [6, 6.07) is 3.11. The van der Waals surface area contributed by atoms with Crippen LogP contribution in [-0.4, -0.2) is 25.5 Å². The Balaban J connectivity index is 2.23. The van der Waals surface area contributed by atoms with E-state index >= 15 is 0 Å². The fourth-order valence-corrected chi connectivity index (χ4v) is 1.90. The molecule has 18 heavy (non-hydrogen) atoms. The molecule has 1 aromatic rings. The summed E-state index contributed by atoms with van der Waals surface area (Å²) in [4.78, 5) is 0. The van der Waals surface area contributed by atoms with E-state index in [1.54, 1.807) is 0 Å². The minimum Gasteiger partial charge on any atom is -0.371 e. The van der Waals surface area contributed by atoms with Crippen LogP contribution in [0.5, 0.6) is 0 Å². The predicted octanol–water partition coefficient (Wildman–Crippen LogP) is 3.61. The lowest BCUT2D eigenvalue weighted by molar-refractivity contribution is -0.225. The highest BCUT2D eigenvalue weighted by atomic mass is 79.9. The molecule has 1 aliphatic heterocycles. The van der Waals surface area contributed by atoms with Gasteiger partial charge in [0.25, 0.3) is 0 Å². The number of halogens is 5. The molecule has 1 fully saturated rings. The van der Waals surface area contributed by atoms with Gasteiger partial charge in [-0.1, -0.05) is 15.9 Å². The molecule has 0 amide bonds. The Labute approximate surface area is 109 Å². The minimum absolute atomic E-state index is 0.156. The van der Waals surface area contributed by atoms with Crippen molar-refractivity contribution in [1.29, 1.82) is 0 Å². The number of benzene rings is 1. The lowest BCUT2D eigenvalue weighted by Gasteiger charge is -2.22. The second kappa shape index (κ2) is 5.14. The molecule has 1 aromatic carbocycles. The van der Waals surface area contributed by atoms with E-state index in [1.807, 2.05) is 0 Å². The molecule has 0 aromatic heterocycles. The third-order valence-corrected chi connectivity index (χ3v) is 3.11. The number of hydrogen-bond acceptors (Lipinski definition) is 2. The van der Waals surface area contributed by atoms with Gasteiger partial charge in [0.1, 0.15) is 11.9 Å². The Morgan fingerprint density at radius 2 is 2.11 bits per heavy atom. The number of rotatable bonds is 4. The zero-order chi connectivity index (χ0) is 13.3. The molecular weight excluding hydrogens is 320 g/mol. The van der Waals surface area contributed by atoms with Gasteiger partial charge in [-0.05, 0) is 18.2 Å². The monoisotopic (exact) mass is 328 g/mol. The Bertz CT molecular complexity index is 432. The molecule has 0 saturated carbocycles. The third-order valence-electron chi connectivity index (χ3n) is 2.39. The first kappa shape index (κ1) is 13.8. The average Bonchev–Trinajstić information content (AvgIpc) is 3.05. The number of alkyl halides is 3. The summed E-state index contributed by atoms with van der Waals surface area (Å²) in [6.45, 7) is 0.238. The first-order valence-corrected chi connectivity index (χ1v) is 5.92. The molecule has 0 spiro atoms. The Kier molecular flexibility index (Phi) is 3.93. The predicted molar refractivity (Wildman–Crippen MR) is 58.6 cm³/mol. The van der Waals surface area contributed by atoms with Crippen molar-refractivity contribution < 1.29 is 27.0 Å². The molecule has 0 radical (unpaired) electrons. The van der Waals surface area contributed by atoms with Gasteiger partial charge in [-0.2, -0.15) is 13.2 Å². The van der Waals surface area contributed by atoms with Gasteiger partial charge >= 0.3 is 6.18 Å². The van der Waals surface area contributed by atoms with Gasteiger partial charge in [0, 0.05) is 10.0 Å². The summed E-state index contributed by atoms with van der Waals surface area (Å²) in [6.07, 6.45) is -7.06. The lowest BCUT2D eigenvalue weighted by atomic mass is 10.1. The summed E-state index contributed by atoms with van der Waals surface area (Å²) >= 11 is 2.97. The molecule has 0 unspecified atom stereocenters. The van der Waals surface area contributed by atoms with E-state index in [9.17, 15) is 17.6 Å². The number of hydrogen-bond donors (Lipinski definition) is 0. The largest absolute Gasteiger partial charge is 0.418 e. The normalized spacial score (nSPS) is 20.8. The van der Waals surface area contributed by atoms with Gasteiger partial charge in [0.15, 0.2) is 6.10 Å². The molecule has 1 saturated heterocycles. The van der Waals surface area contributed by atoms with Gasteiger partial charge in [-0.25, -0.2) is 4.39 Å². The van der Waals surface area contributed by atoms with Crippen LogP contribution in [0.2, 0.25) is 0 Å². The van der Waals surface area contributed by atoms with E-state index in [1.165, 1.54) is 6.07 Å². The second-order valence-corrected chi connectivity index (χ2v) is 4.73.